The molecule has 0 saturated carbocycles. The lowest BCUT2D eigenvalue weighted by atomic mass is 10.1. The average molecular weight is 355 g/mol. The minimum atomic E-state index is -0.386. The number of rotatable bonds is 8. The highest BCUT2D eigenvalue weighted by Crippen LogP contribution is 2.19. The lowest BCUT2D eigenvalue weighted by Crippen LogP contribution is -2.34. The van der Waals surface area contributed by atoms with Crippen molar-refractivity contribution in [2.75, 3.05) is 32.1 Å². The second kappa shape index (κ2) is 9.39. The maximum absolute atomic E-state index is 12.8. The van der Waals surface area contributed by atoms with E-state index < -0.39 is 0 Å². The third-order valence-electron chi connectivity index (χ3n) is 3.82. The number of furan rings is 1. The summed E-state index contributed by atoms with van der Waals surface area (Å²) >= 11 is 0. The summed E-state index contributed by atoms with van der Waals surface area (Å²) in [6, 6.07) is 10.3. The molecule has 1 heterocycles. The van der Waals surface area contributed by atoms with Gasteiger partial charge >= 0.3 is 0 Å². The Morgan fingerprint density at radius 1 is 1.31 bits per heavy atom. The summed E-state index contributed by atoms with van der Waals surface area (Å²) in [5, 5.41) is 11.5. The van der Waals surface area contributed by atoms with Crippen molar-refractivity contribution in [3.05, 3.63) is 53.5 Å². The molecule has 0 radical (unpaired) electrons. The van der Waals surface area contributed by atoms with Gasteiger partial charge in [0.1, 0.15) is 0 Å². The average Bonchev–Trinajstić information content (AvgIpc) is 3.18. The van der Waals surface area contributed by atoms with Crippen LogP contribution in [0.1, 0.15) is 32.9 Å². The van der Waals surface area contributed by atoms with E-state index in [4.69, 9.17) is 14.4 Å². The highest BCUT2D eigenvalue weighted by atomic mass is 16.5. The molecule has 0 aliphatic rings. The van der Waals surface area contributed by atoms with E-state index in [2.05, 4.69) is 5.32 Å². The molecule has 2 aromatic rings. The third kappa shape index (κ3) is 4.94. The summed E-state index contributed by atoms with van der Waals surface area (Å²) in [7, 11) is 1.56. The Hall–Kier alpha value is -3.11. The summed E-state index contributed by atoms with van der Waals surface area (Å²) in [6.45, 7) is 2.93. The van der Waals surface area contributed by atoms with Gasteiger partial charge in [0, 0.05) is 31.5 Å². The molecule has 1 aromatic carbocycles. The molecular formula is C19H21N3O4. The molecule has 0 atom stereocenters. The Kier molecular flexibility index (Phi) is 6.94. The zero-order valence-corrected chi connectivity index (χ0v) is 14.8. The summed E-state index contributed by atoms with van der Waals surface area (Å²) in [5.74, 6) is -0.411. The number of carbonyl (C=O) groups excluding carboxylic acids is 2. The van der Waals surface area contributed by atoms with Gasteiger partial charge in [0.05, 0.1) is 25.4 Å². The summed E-state index contributed by atoms with van der Waals surface area (Å²) in [6.07, 6.45) is 1.66. The number of anilines is 1. The summed E-state index contributed by atoms with van der Waals surface area (Å²) in [4.78, 5) is 26.5. The Bertz CT molecular complexity index is 794. The molecule has 26 heavy (non-hydrogen) atoms. The third-order valence-corrected chi connectivity index (χ3v) is 3.82. The van der Waals surface area contributed by atoms with Crippen LogP contribution in [0.15, 0.2) is 41.0 Å². The number of benzene rings is 1. The van der Waals surface area contributed by atoms with E-state index in [9.17, 15) is 9.59 Å². The van der Waals surface area contributed by atoms with Crippen molar-refractivity contribution in [2.45, 2.75) is 13.3 Å². The van der Waals surface area contributed by atoms with Gasteiger partial charge in [-0.25, -0.2) is 0 Å². The van der Waals surface area contributed by atoms with Gasteiger partial charge in [-0.15, -0.1) is 0 Å². The number of nitrogens with one attached hydrogen (secondary N) is 1. The van der Waals surface area contributed by atoms with Crippen LogP contribution < -0.4 is 5.32 Å². The van der Waals surface area contributed by atoms with Crippen molar-refractivity contribution < 1.29 is 18.7 Å². The topological polar surface area (TPSA) is 95.6 Å². The van der Waals surface area contributed by atoms with E-state index in [-0.39, 0.29) is 24.0 Å². The number of carbonyl (C=O) groups is 2. The molecule has 1 N–H and O–H groups in total. The lowest BCUT2D eigenvalue weighted by molar-refractivity contribution is 0.0699. The first-order valence-corrected chi connectivity index (χ1v) is 8.17. The van der Waals surface area contributed by atoms with Gasteiger partial charge in [0.25, 0.3) is 11.8 Å². The monoisotopic (exact) mass is 355 g/mol. The molecule has 0 bridgehead atoms. The summed E-state index contributed by atoms with van der Waals surface area (Å²) in [5.41, 5.74) is 1.78. The molecule has 0 aliphatic carbocycles. The van der Waals surface area contributed by atoms with Gasteiger partial charge in [0.2, 0.25) is 0 Å². The Labute approximate surface area is 152 Å². The van der Waals surface area contributed by atoms with Crippen molar-refractivity contribution in [3.63, 3.8) is 0 Å². The Morgan fingerprint density at radius 3 is 2.77 bits per heavy atom. The van der Waals surface area contributed by atoms with Gasteiger partial charge in [-0.1, -0.05) is 6.07 Å². The molecule has 136 valence electrons. The van der Waals surface area contributed by atoms with Gasteiger partial charge in [-0.2, -0.15) is 5.26 Å². The van der Waals surface area contributed by atoms with E-state index in [1.807, 2.05) is 13.0 Å². The van der Waals surface area contributed by atoms with Crippen LogP contribution in [0.4, 0.5) is 5.69 Å². The van der Waals surface area contributed by atoms with E-state index in [0.717, 1.165) is 5.56 Å². The normalized spacial score (nSPS) is 10.2. The zero-order chi connectivity index (χ0) is 18.9. The maximum Gasteiger partial charge on any atom is 0.291 e. The zero-order valence-electron chi connectivity index (χ0n) is 14.8. The van der Waals surface area contributed by atoms with Crippen molar-refractivity contribution in [2.24, 2.45) is 0 Å². The highest BCUT2D eigenvalue weighted by molar-refractivity contribution is 6.03. The molecule has 0 saturated heterocycles. The van der Waals surface area contributed by atoms with Gasteiger partial charge in [0.15, 0.2) is 5.76 Å². The van der Waals surface area contributed by atoms with Crippen molar-refractivity contribution in [1.29, 1.82) is 5.26 Å². The minimum Gasteiger partial charge on any atom is -0.459 e. The number of amides is 2. The molecule has 7 nitrogen and oxygen atoms in total. The second-order valence-corrected chi connectivity index (χ2v) is 5.65. The van der Waals surface area contributed by atoms with Gasteiger partial charge in [-0.05, 0) is 36.8 Å². The van der Waals surface area contributed by atoms with E-state index in [0.29, 0.717) is 30.9 Å². The van der Waals surface area contributed by atoms with Gasteiger partial charge in [-0.3, -0.25) is 9.59 Å². The molecule has 2 amide bonds. The fourth-order valence-corrected chi connectivity index (χ4v) is 2.37. The van der Waals surface area contributed by atoms with Crippen LogP contribution in [0.3, 0.4) is 0 Å². The van der Waals surface area contributed by atoms with Crippen molar-refractivity contribution in [3.8, 4) is 6.07 Å². The van der Waals surface area contributed by atoms with E-state index in [1.165, 1.54) is 6.26 Å². The van der Waals surface area contributed by atoms with Crippen LogP contribution in [0.2, 0.25) is 0 Å². The highest BCUT2D eigenvalue weighted by Gasteiger charge is 2.17. The Morgan fingerprint density at radius 2 is 2.12 bits per heavy atom. The van der Waals surface area contributed by atoms with Crippen LogP contribution in [-0.2, 0) is 4.74 Å². The fraction of sp³-hybridized carbons (Fsp3) is 0.316. The molecule has 1 aromatic heterocycles. The molecule has 0 aliphatic heterocycles. The van der Waals surface area contributed by atoms with E-state index in [1.54, 1.807) is 42.3 Å². The Balaban J connectivity index is 2.19. The van der Waals surface area contributed by atoms with Crippen LogP contribution in [0, 0.1) is 18.3 Å². The predicted molar refractivity (Wildman–Crippen MR) is 95.8 cm³/mol. The van der Waals surface area contributed by atoms with Crippen molar-refractivity contribution >= 4 is 17.5 Å². The van der Waals surface area contributed by atoms with Crippen LogP contribution >= 0.6 is 0 Å². The number of aryl methyl sites for hydroxylation is 1. The predicted octanol–water partition coefficient (Wildman–Crippen LogP) is 2.84. The SMILES string of the molecule is COCCN(CCC#N)C(=O)c1ccc(C)c(NC(=O)c2ccco2)c1. The largest absolute Gasteiger partial charge is 0.459 e. The standard InChI is InChI=1S/C19H21N3O4/c1-14-6-7-15(19(24)22(9-4-8-20)10-12-25-2)13-16(14)21-18(23)17-5-3-11-26-17/h3,5-7,11,13H,4,9-10,12H2,1-2H3,(H,21,23). The number of ether oxygens (including phenoxy) is 1. The smallest absolute Gasteiger partial charge is 0.291 e. The van der Waals surface area contributed by atoms with Crippen molar-refractivity contribution in [1.82, 2.24) is 4.90 Å². The quantitative estimate of drug-likeness (QED) is 0.785. The first kappa shape index (κ1) is 19.2. The van der Waals surface area contributed by atoms with Crippen LogP contribution in [0.25, 0.3) is 0 Å². The first-order chi connectivity index (χ1) is 12.6. The van der Waals surface area contributed by atoms with E-state index >= 15 is 0 Å². The minimum absolute atomic E-state index is 0.192. The lowest BCUT2D eigenvalue weighted by Gasteiger charge is -2.22. The molecular weight excluding hydrogens is 334 g/mol. The molecule has 2 rings (SSSR count). The molecule has 0 spiro atoms. The molecule has 7 heteroatoms. The number of nitrogens with zero attached hydrogens (tertiary/aromatic N) is 2. The molecule has 0 fully saturated rings. The van der Waals surface area contributed by atoms with Crippen LogP contribution in [0.5, 0.6) is 0 Å². The molecule has 0 unspecified atom stereocenters. The number of hydrogen-bond acceptors (Lipinski definition) is 5. The first-order valence-electron chi connectivity index (χ1n) is 8.17. The van der Waals surface area contributed by atoms with Gasteiger partial charge < -0.3 is 19.4 Å². The van der Waals surface area contributed by atoms with Crippen LogP contribution in [-0.4, -0.2) is 43.5 Å². The number of hydrogen-bond donors (Lipinski definition) is 1. The number of nitriles is 1. The second-order valence-electron chi connectivity index (χ2n) is 5.65. The fourth-order valence-electron chi connectivity index (χ4n) is 2.37. The number of methoxy groups -OCH3 is 1. The maximum atomic E-state index is 12.8. The summed E-state index contributed by atoms with van der Waals surface area (Å²) < 4.78 is 10.1.